The number of carboxylic acids is 1. The van der Waals surface area contributed by atoms with E-state index in [0.29, 0.717) is 37.7 Å². The van der Waals surface area contributed by atoms with Gasteiger partial charge in [-0.2, -0.15) is 0 Å². The second kappa shape index (κ2) is 17.3. The number of allylic oxidation sites excluding steroid dienone is 2. The van der Waals surface area contributed by atoms with Gasteiger partial charge in [0.05, 0.1) is 24.7 Å². The van der Waals surface area contributed by atoms with Crippen molar-refractivity contribution in [3.63, 3.8) is 0 Å². The number of carbonyl (C=O) groups excluding carboxylic acids is 1. The van der Waals surface area contributed by atoms with E-state index >= 15 is 0 Å². The zero-order valence-corrected chi connectivity index (χ0v) is 40.4. The molecule has 7 fully saturated rings. The Morgan fingerprint density at radius 3 is 2.11 bits per heavy atom. The highest BCUT2D eigenvalue weighted by Gasteiger charge is 2.70. The Morgan fingerprint density at radius 1 is 0.738 bits per heavy atom. The Balaban J connectivity index is 1.05. The van der Waals surface area contributed by atoms with Crippen molar-refractivity contribution in [3.8, 4) is 0 Å². The van der Waals surface area contributed by atoms with Gasteiger partial charge < -0.3 is 64.2 Å². The predicted octanol–water partition coefficient (Wildman–Crippen LogP) is 4.70. The Morgan fingerprint density at radius 2 is 1.43 bits per heavy atom. The molecule has 0 bridgehead atoms. The minimum Gasteiger partial charge on any atom is -0.479 e. The largest absolute Gasteiger partial charge is 0.479 e. The molecule has 0 radical (unpaired) electrons. The fourth-order valence-corrected chi connectivity index (χ4v) is 15.3. The van der Waals surface area contributed by atoms with Gasteiger partial charge in [0.1, 0.15) is 42.7 Å². The van der Waals surface area contributed by atoms with Crippen molar-refractivity contribution >= 4 is 11.9 Å². The number of fused-ring (bicyclic) bond motifs is 7. The normalized spacial score (nSPS) is 52.7. The summed E-state index contributed by atoms with van der Waals surface area (Å²) < 4.78 is 37.2. The second-order valence-corrected chi connectivity index (χ2v) is 24.2. The minimum absolute atomic E-state index is 0.0354. The molecule has 3 saturated heterocycles. The van der Waals surface area contributed by atoms with Gasteiger partial charge in [-0.05, 0) is 121 Å². The molecule has 15 nitrogen and oxygen atoms in total. The molecule has 22 unspecified atom stereocenters. The maximum atomic E-state index is 14.7. The van der Waals surface area contributed by atoms with Gasteiger partial charge >= 0.3 is 11.9 Å². The van der Waals surface area contributed by atoms with Crippen LogP contribution in [0.15, 0.2) is 11.6 Å². The van der Waals surface area contributed by atoms with E-state index in [2.05, 4.69) is 68.4 Å². The lowest BCUT2D eigenvalue weighted by molar-refractivity contribution is -0.358. The van der Waals surface area contributed by atoms with E-state index in [9.17, 15) is 45.3 Å². The molecule has 7 N–H and O–H groups in total. The van der Waals surface area contributed by atoms with Gasteiger partial charge in [0, 0.05) is 5.92 Å². The first kappa shape index (κ1) is 49.7. The molecule has 0 spiro atoms. The van der Waals surface area contributed by atoms with Crippen LogP contribution in [0.4, 0.5) is 0 Å². The van der Waals surface area contributed by atoms with Crippen molar-refractivity contribution < 1.29 is 73.8 Å². The van der Waals surface area contributed by atoms with Crippen molar-refractivity contribution in [2.75, 3.05) is 13.2 Å². The fourth-order valence-electron chi connectivity index (χ4n) is 15.3. The zero-order valence-electron chi connectivity index (χ0n) is 40.4. The number of carbonyl (C=O) groups is 2. The molecule has 0 amide bonds. The van der Waals surface area contributed by atoms with Gasteiger partial charge in [0.15, 0.2) is 18.7 Å². The molecular weight excluding hydrogens is 841 g/mol. The number of rotatable bonds is 8. The summed E-state index contributed by atoms with van der Waals surface area (Å²) in [7, 11) is 0. The molecule has 8 rings (SSSR count). The molecule has 370 valence electrons. The molecule has 15 heteroatoms. The van der Waals surface area contributed by atoms with Crippen molar-refractivity contribution in [1.82, 2.24) is 0 Å². The van der Waals surface area contributed by atoms with Crippen LogP contribution in [0.1, 0.15) is 133 Å². The third-order valence-corrected chi connectivity index (χ3v) is 20.1. The number of aliphatic hydroxyl groups excluding tert-OH is 6. The number of aliphatic hydroxyl groups is 6. The number of hydrogen-bond acceptors (Lipinski definition) is 14. The van der Waals surface area contributed by atoms with Gasteiger partial charge in [-0.15, -0.1) is 0 Å². The first-order valence-electron chi connectivity index (χ1n) is 24.7. The van der Waals surface area contributed by atoms with Gasteiger partial charge in [-0.3, -0.25) is 4.79 Å². The first-order valence-corrected chi connectivity index (χ1v) is 24.7. The summed E-state index contributed by atoms with van der Waals surface area (Å²) in [5.74, 6) is -0.927. The number of aliphatic carboxylic acids is 1. The molecule has 22 atom stereocenters. The fraction of sp³-hybridized carbons (Fsp3) is 0.920. The van der Waals surface area contributed by atoms with E-state index in [4.69, 9.17) is 28.4 Å². The lowest BCUT2D eigenvalue weighted by Crippen LogP contribution is -2.66. The van der Waals surface area contributed by atoms with Crippen LogP contribution >= 0.6 is 0 Å². The molecular formula is C50H80O15. The van der Waals surface area contributed by atoms with Crippen LogP contribution in [0.5, 0.6) is 0 Å². The van der Waals surface area contributed by atoms with Crippen LogP contribution in [-0.4, -0.2) is 135 Å². The average Bonchev–Trinajstić information content (AvgIpc) is 3.24. The lowest BCUT2D eigenvalue weighted by atomic mass is 9.33. The number of ether oxygens (including phenoxy) is 6. The van der Waals surface area contributed by atoms with Crippen molar-refractivity contribution in [2.45, 2.75) is 207 Å². The van der Waals surface area contributed by atoms with Crippen LogP contribution in [0.25, 0.3) is 0 Å². The quantitative estimate of drug-likeness (QED) is 0.0995. The molecule has 3 heterocycles. The van der Waals surface area contributed by atoms with E-state index < -0.39 is 97.1 Å². The molecule has 4 saturated carbocycles. The minimum atomic E-state index is -1.73. The lowest BCUT2D eigenvalue weighted by Gasteiger charge is -2.71. The summed E-state index contributed by atoms with van der Waals surface area (Å²) >= 11 is 0. The van der Waals surface area contributed by atoms with Gasteiger partial charge in [0.25, 0.3) is 0 Å². The third-order valence-electron chi connectivity index (χ3n) is 20.1. The summed E-state index contributed by atoms with van der Waals surface area (Å²) in [5.41, 5.74) is -0.460. The Labute approximate surface area is 384 Å². The zero-order chi connectivity index (χ0) is 47.6. The van der Waals surface area contributed by atoms with Crippen LogP contribution in [-0.2, 0) is 38.0 Å². The number of carboxylic acid groups (broad SMARTS) is 1. The third kappa shape index (κ3) is 7.79. The van der Waals surface area contributed by atoms with Crippen LogP contribution < -0.4 is 0 Å². The smallest absolute Gasteiger partial charge is 0.335 e. The second-order valence-electron chi connectivity index (χ2n) is 24.2. The van der Waals surface area contributed by atoms with Gasteiger partial charge in [-0.1, -0.05) is 80.9 Å². The van der Waals surface area contributed by atoms with E-state index in [-0.39, 0.29) is 51.4 Å². The Kier molecular flexibility index (Phi) is 13.2. The highest BCUT2D eigenvalue weighted by atomic mass is 16.8. The predicted molar refractivity (Wildman–Crippen MR) is 234 cm³/mol. The Hall–Kier alpha value is -1.76. The van der Waals surface area contributed by atoms with E-state index in [1.54, 1.807) is 0 Å². The van der Waals surface area contributed by atoms with Gasteiger partial charge in [-0.25, -0.2) is 4.79 Å². The topological polar surface area (TPSA) is 231 Å². The van der Waals surface area contributed by atoms with E-state index in [1.807, 2.05) is 6.92 Å². The molecule has 0 aromatic carbocycles. The number of hydrogen-bond donors (Lipinski definition) is 7. The summed E-state index contributed by atoms with van der Waals surface area (Å²) in [6.45, 7) is 22.5. The molecule has 5 aliphatic carbocycles. The van der Waals surface area contributed by atoms with Crippen LogP contribution in [0.3, 0.4) is 0 Å². The molecule has 0 aromatic rings. The van der Waals surface area contributed by atoms with Crippen LogP contribution in [0, 0.1) is 68.0 Å². The highest BCUT2D eigenvalue weighted by Crippen LogP contribution is 2.76. The average molecular weight is 921 g/mol. The van der Waals surface area contributed by atoms with Crippen LogP contribution in [0.2, 0.25) is 0 Å². The SMILES string of the molecule is CC1COC(OC2C(OC3CCC4(C)C(CCC5(C)C4CC=C4C6CC(C)(C)CCC6(C(=O)OC6OC(CO)C(O)C(O)C6O)CCC45C)C3(C)C)OC(C(=O)O)C(O)C2O)C(C)C1C. The van der Waals surface area contributed by atoms with Crippen molar-refractivity contribution in [2.24, 2.45) is 68.0 Å². The summed E-state index contributed by atoms with van der Waals surface area (Å²) in [4.78, 5) is 27.0. The van der Waals surface area contributed by atoms with E-state index in [1.165, 1.54) is 5.57 Å². The molecule has 0 aromatic heterocycles. The number of esters is 1. The maximum Gasteiger partial charge on any atom is 0.335 e. The maximum absolute atomic E-state index is 14.7. The van der Waals surface area contributed by atoms with E-state index in [0.717, 1.165) is 44.9 Å². The molecule has 3 aliphatic heterocycles. The highest BCUT2D eigenvalue weighted by molar-refractivity contribution is 5.79. The van der Waals surface area contributed by atoms with Crippen molar-refractivity contribution in [3.05, 3.63) is 11.6 Å². The summed E-state index contributed by atoms with van der Waals surface area (Å²) in [6.07, 6.45) is -5.90. The molecule has 8 aliphatic rings. The van der Waals surface area contributed by atoms with Gasteiger partial charge in [0.2, 0.25) is 6.29 Å². The first-order chi connectivity index (χ1) is 30.3. The standard InChI is InChI=1S/C50H80O15/c1-24-23-60-41(26(3)25(24)2)64-39-36(55)35(54)38(40(57)58)63-43(39)62-32-14-15-47(8)30(46(32,6)7)13-16-49(10)31(47)12-11-27-28-21-45(4,5)17-19-50(28,20-18-48(27,49)9)44(59)65-42-37(56)34(53)33(52)29(22-51)61-42/h11,24-26,28-39,41-43,51-56H,12-23H2,1-10H3,(H,57,58). The monoisotopic (exact) mass is 921 g/mol. The molecule has 65 heavy (non-hydrogen) atoms. The summed E-state index contributed by atoms with van der Waals surface area (Å²) in [6, 6.07) is 0. The Bertz CT molecular complexity index is 1820. The summed E-state index contributed by atoms with van der Waals surface area (Å²) in [5, 5.41) is 74.1. The van der Waals surface area contributed by atoms with Crippen molar-refractivity contribution in [1.29, 1.82) is 0 Å².